The number of aromatic nitrogens is 6. The summed E-state index contributed by atoms with van der Waals surface area (Å²) >= 11 is 1.55. The van der Waals surface area contributed by atoms with Crippen LogP contribution in [0.2, 0.25) is 0 Å². The van der Waals surface area contributed by atoms with Gasteiger partial charge < -0.3 is 5.73 Å². The van der Waals surface area contributed by atoms with E-state index in [2.05, 4.69) is 56.8 Å². The third-order valence-corrected chi connectivity index (χ3v) is 6.68. The Balaban J connectivity index is 1.60. The van der Waals surface area contributed by atoms with Gasteiger partial charge in [0.2, 0.25) is 0 Å². The molecule has 0 unspecified atom stereocenters. The van der Waals surface area contributed by atoms with Crippen molar-refractivity contribution in [1.29, 1.82) is 0 Å². The van der Waals surface area contributed by atoms with Gasteiger partial charge in [-0.05, 0) is 48.2 Å². The van der Waals surface area contributed by atoms with Crippen LogP contribution in [0.5, 0.6) is 0 Å². The Morgan fingerprint density at radius 2 is 1.68 bits per heavy atom. The molecule has 0 aliphatic rings. The van der Waals surface area contributed by atoms with Gasteiger partial charge in [-0.25, -0.2) is 9.97 Å². The third-order valence-electron chi connectivity index (χ3n) is 5.75. The van der Waals surface area contributed by atoms with Crippen LogP contribution >= 0.6 is 11.8 Å². The number of fused-ring (bicyclic) bond motifs is 1. The van der Waals surface area contributed by atoms with Gasteiger partial charge in [-0.3, -0.25) is 9.55 Å². The van der Waals surface area contributed by atoms with Crippen LogP contribution in [0.15, 0.2) is 72.1 Å². The van der Waals surface area contributed by atoms with Gasteiger partial charge in [-0.15, -0.1) is 10.2 Å². The zero-order chi connectivity index (χ0) is 23.5. The number of pyridine rings is 1. The Hall–Kier alpha value is -3.78. The van der Waals surface area contributed by atoms with Gasteiger partial charge in [-0.2, -0.15) is 0 Å². The molecule has 5 aromatic rings. The van der Waals surface area contributed by atoms with Crippen LogP contribution in [-0.2, 0) is 18.6 Å². The first-order chi connectivity index (χ1) is 16.7. The van der Waals surface area contributed by atoms with E-state index in [1.807, 2.05) is 42.6 Å². The molecule has 0 aliphatic heterocycles. The number of para-hydroxylation sites is 2. The van der Waals surface area contributed by atoms with Gasteiger partial charge in [-0.1, -0.05) is 55.9 Å². The molecule has 0 saturated carbocycles. The molecule has 3 aromatic heterocycles. The molecule has 0 amide bonds. The van der Waals surface area contributed by atoms with E-state index in [0.29, 0.717) is 17.4 Å². The second-order valence-corrected chi connectivity index (χ2v) is 8.79. The van der Waals surface area contributed by atoms with Crippen LogP contribution in [0.3, 0.4) is 0 Å². The van der Waals surface area contributed by atoms with Crippen LogP contribution < -0.4 is 5.73 Å². The Bertz CT molecular complexity index is 1420. The van der Waals surface area contributed by atoms with Crippen LogP contribution in [0, 0.1) is 0 Å². The fourth-order valence-corrected chi connectivity index (χ4v) is 4.89. The van der Waals surface area contributed by atoms with Gasteiger partial charge in [0.25, 0.3) is 0 Å². The monoisotopic (exact) mass is 467 g/mol. The van der Waals surface area contributed by atoms with Crippen molar-refractivity contribution in [3.8, 4) is 17.1 Å². The summed E-state index contributed by atoms with van der Waals surface area (Å²) in [7, 11) is 0. The first-order valence-electron chi connectivity index (χ1n) is 11.3. The number of nitrogens with zero attached hydrogens (tertiary/aromatic N) is 6. The molecule has 0 atom stereocenters. The van der Waals surface area contributed by atoms with Crippen LogP contribution in [0.25, 0.3) is 28.0 Å². The zero-order valence-corrected chi connectivity index (χ0v) is 20.0. The van der Waals surface area contributed by atoms with Gasteiger partial charge >= 0.3 is 0 Å². The number of hydrogen-bond acceptors (Lipinski definition) is 7. The Morgan fingerprint density at radius 1 is 0.882 bits per heavy atom. The number of anilines is 1. The second kappa shape index (κ2) is 9.61. The number of rotatable bonds is 7. The van der Waals surface area contributed by atoms with Crippen molar-refractivity contribution < 1.29 is 0 Å². The van der Waals surface area contributed by atoms with E-state index in [0.717, 1.165) is 46.0 Å². The van der Waals surface area contributed by atoms with E-state index in [9.17, 15) is 0 Å². The molecule has 0 bridgehead atoms. The molecule has 0 spiro atoms. The van der Waals surface area contributed by atoms with E-state index in [1.54, 1.807) is 18.0 Å². The standard InChI is InChI=1S/C26H25N7S/c1-3-17-9-7-10-18(4-2)23(17)33-25(19-11-8-14-28-15-19)31-32-26(33)34-16-22-29-21-13-6-5-12-20(21)24(27)30-22/h5-15H,3-4,16H2,1-2H3,(H2,27,29,30). The van der Waals surface area contributed by atoms with E-state index in [-0.39, 0.29) is 0 Å². The summed E-state index contributed by atoms with van der Waals surface area (Å²) in [5, 5.41) is 10.8. The quantitative estimate of drug-likeness (QED) is 0.326. The Morgan fingerprint density at radius 3 is 2.41 bits per heavy atom. The van der Waals surface area contributed by atoms with Crippen molar-refractivity contribution in [2.75, 3.05) is 5.73 Å². The van der Waals surface area contributed by atoms with Crippen LogP contribution in [-0.4, -0.2) is 29.7 Å². The van der Waals surface area contributed by atoms with Crippen molar-refractivity contribution in [3.05, 3.63) is 83.9 Å². The first kappa shape index (κ1) is 22.0. The average Bonchev–Trinajstić information content (AvgIpc) is 3.31. The summed E-state index contributed by atoms with van der Waals surface area (Å²) in [5.41, 5.74) is 11.6. The van der Waals surface area contributed by atoms with Crippen LogP contribution in [0.4, 0.5) is 5.82 Å². The lowest BCUT2D eigenvalue weighted by Gasteiger charge is -2.18. The number of benzene rings is 2. The maximum atomic E-state index is 6.20. The molecule has 2 aromatic carbocycles. The minimum absolute atomic E-state index is 0.489. The summed E-state index contributed by atoms with van der Waals surface area (Å²) in [6.07, 6.45) is 5.39. The van der Waals surface area contributed by atoms with Crippen LogP contribution in [0.1, 0.15) is 30.8 Å². The van der Waals surface area contributed by atoms with Crippen molar-refractivity contribution in [2.24, 2.45) is 0 Å². The normalized spacial score (nSPS) is 11.2. The van der Waals surface area contributed by atoms with Crippen molar-refractivity contribution in [2.45, 2.75) is 37.6 Å². The topological polar surface area (TPSA) is 95.4 Å². The molecule has 170 valence electrons. The highest BCUT2D eigenvalue weighted by Crippen LogP contribution is 2.33. The number of hydrogen-bond donors (Lipinski definition) is 1. The van der Waals surface area contributed by atoms with Gasteiger partial charge in [0.1, 0.15) is 11.6 Å². The first-order valence-corrected chi connectivity index (χ1v) is 12.3. The molecule has 0 aliphatic carbocycles. The fraction of sp³-hybridized carbons (Fsp3) is 0.192. The molecule has 3 heterocycles. The molecule has 0 saturated heterocycles. The molecule has 0 fully saturated rings. The minimum atomic E-state index is 0.489. The highest BCUT2D eigenvalue weighted by atomic mass is 32.2. The average molecular weight is 468 g/mol. The summed E-state index contributed by atoms with van der Waals surface area (Å²) in [6.45, 7) is 4.34. The molecular weight excluding hydrogens is 442 g/mol. The highest BCUT2D eigenvalue weighted by Gasteiger charge is 2.21. The number of nitrogens with two attached hydrogens (primary N) is 1. The highest BCUT2D eigenvalue weighted by molar-refractivity contribution is 7.98. The second-order valence-electron chi connectivity index (χ2n) is 7.85. The van der Waals surface area contributed by atoms with Crippen molar-refractivity contribution >= 4 is 28.5 Å². The maximum absolute atomic E-state index is 6.20. The summed E-state index contributed by atoms with van der Waals surface area (Å²) < 4.78 is 2.16. The van der Waals surface area contributed by atoms with E-state index >= 15 is 0 Å². The smallest absolute Gasteiger partial charge is 0.196 e. The summed E-state index contributed by atoms with van der Waals surface area (Å²) in [6, 6.07) is 18.2. The van der Waals surface area contributed by atoms with E-state index < -0.39 is 0 Å². The predicted molar refractivity (Wildman–Crippen MR) is 137 cm³/mol. The van der Waals surface area contributed by atoms with E-state index in [1.165, 1.54) is 11.1 Å². The molecule has 7 nitrogen and oxygen atoms in total. The largest absolute Gasteiger partial charge is 0.383 e. The third kappa shape index (κ3) is 4.12. The van der Waals surface area contributed by atoms with Gasteiger partial charge in [0, 0.05) is 23.3 Å². The Labute approximate surface area is 202 Å². The molecule has 5 rings (SSSR count). The molecule has 8 heteroatoms. The SMILES string of the molecule is CCc1cccc(CC)c1-n1c(SCc2nc(N)c3ccccc3n2)nnc1-c1cccnc1. The summed E-state index contributed by atoms with van der Waals surface area (Å²) in [5.74, 6) is 2.45. The Kier molecular flexibility index (Phi) is 6.22. The lowest BCUT2D eigenvalue weighted by atomic mass is 10.0. The summed E-state index contributed by atoms with van der Waals surface area (Å²) in [4.78, 5) is 13.5. The zero-order valence-electron chi connectivity index (χ0n) is 19.1. The lowest BCUT2D eigenvalue weighted by molar-refractivity contribution is 0.856. The molecule has 0 radical (unpaired) electrons. The number of aryl methyl sites for hydroxylation is 2. The lowest BCUT2D eigenvalue weighted by Crippen LogP contribution is -2.07. The predicted octanol–water partition coefficient (Wildman–Crippen LogP) is 5.27. The molecule has 34 heavy (non-hydrogen) atoms. The van der Waals surface area contributed by atoms with Gasteiger partial charge in [0.05, 0.1) is 17.0 Å². The molecular formula is C26H25N7S. The fourth-order valence-electron chi connectivity index (χ4n) is 4.09. The minimum Gasteiger partial charge on any atom is -0.383 e. The number of thioether (sulfide) groups is 1. The van der Waals surface area contributed by atoms with E-state index in [4.69, 9.17) is 10.7 Å². The van der Waals surface area contributed by atoms with Crippen molar-refractivity contribution in [3.63, 3.8) is 0 Å². The number of nitrogen functional groups attached to an aromatic ring is 1. The molecule has 2 N–H and O–H groups in total. The maximum Gasteiger partial charge on any atom is 0.196 e. The van der Waals surface area contributed by atoms with Gasteiger partial charge in [0.15, 0.2) is 11.0 Å². The van der Waals surface area contributed by atoms with Crippen molar-refractivity contribution in [1.82, 2.24) is 29.7 Å².